The highest BCUT2D eigenvalue weighted by Crippen LogP contribution is 2.32. The van der Waals surface area contributed by atoms with Gasteiger partial charge < -0.3 is 24.3 Å². The van der Waals surface area contributed by atoms with Crippen molar-refractivity contribution in [1.29, 1.82) is 0 Å². The Bertz CT molecular complexity index is 1880. The van der Waals surface area contributed by atoms with Gasteiger partial charge in [-0.15, -0.1) is 0 Å². The molecule has 3 amide bonds. The van der Waals surface area contributed by atoms with E-state index in [-0.39, 0.29) is 40.9 Å². The van der Waals surface area contributed by atoms with Gasteiger partial charge in [0.15, 0.2) is 11.2 Å². The third kappa shape index (κ3) is 8.56. The number of rotatable bonds is 12. The second-order valence-electron chi connectivity index (χ2n) is 13.3. The molecule has 262 valence electrons. The Morgan fingerprint density at radius 3 is 2.52 bits per heavy atom. The number of fused-ring (bicyclic) bond motifs is 1. The zero-order valence-electron chi connectivity index (χ0n) is 28.5. The smallest absolute Gasteiger partial charge is 0.287 e. The number of nitrogens with zero attached hydrogens (tertiary/aromatic N) is 2. The standard InChI is InChI=1S/C40H44ClN3O6/c1-2-3-22-49-31-15-16-36-33(24-31)35(45)25-37(50-36)39(47)42-34(23-27-11-13-30(41)14-12-27)40(48)43-20-17-28(18-21-43)32-9-5-4-8-29(32)26-44-19-7-6-10-38(44)46/h4-5,8-9,11-16,24-25,28,34H,2-3,6-7,10,17-23,26H2,1H3,(H,42,47)/t34-/m0/s1. The third-order valence-corrected chi connectivity index (χ3v) is 9.98. The minimum atomic E-state index is -0.895. The normalized spacial score (nSPS) is 16.0. The maximum absolute atomic E-state index is 14.1. The summed E-state index contributed by atoms with van der Waals surface area (Å²) in [5.74, 6) is 0.0206. The monoisotopic (exact) mass is 697 g/mol. The molecule has 6 rings (SSSR count). The van der Waals surface area contributed by atoms with Crippen LogP contribution in [0, 0.1) is 0 Å². The van der Waals surface area contributed by atoms with Gasteiger partial charge in [-0.25, -0.2) is 0 Å². The zero-order chi connectivity index (χ0) is 35.0. The van der Waals surface area contributed by atoms with Gasteiger partial charge >= 0.3 is 0 Å². The molecule has 1 N–H and O–H groups in total. The summed E-state index contributed by atoms with van der Waals surface area (Å²) in [7, 11) is 0. The number of amides is 3. The van der Waals surface area contributed by atoms with Crippen LogP contribution in [0.15, 0.2) is 82.0 Å². The van der Waals surface area contributed by atoms with Crippen LogP contribution in [0.1, 0.15) is 85.0 Å². The summed E-state index contributed by atoms with van der Waals surface area (Å²) in [5.41, 5.74) is 3.12. The van der Waals surface area contributed by atoms with E-state index in [1.54, 1.807) is 30.3 Å². The van der Waals surface area contributed by atoms with Crippen molar-refractivity contribution in [2.24, 2.45) is 0 Å². The van der Waals surface area contributed by atoms with Crippen LogP contribution in [0.3, 0.4) is 0 Å². The van der Waals surface area contributed by atoms with E-state index in [1.807, 2.05) is 34.1 Å². The Morgan fingerprint density at radius 2 is 1.76 bits per heavy atom. The Morgan fingerprint density at radius 1 is 0.980 bits per heavy atom. The van der Waals surface area contributed by atoms with Crippen molar-refractivity contribution in [3.05, 3.63) is 110 Å². The van der Waals surface area contributed by atoms with Crippen molar-refractivity contribution in [3.8, 4) is 5.75 Å². The van der Waals surface area contributed by atoms with Crippen molar-refractivity contribution in [3.63, 3.8) is 0 Å². The number of hydrogen-bond donors (Lipinski definition) is 1. The van der Waals surface area contributed by atoms with E-state index >= 15 is 0 Å². The number of ether oxygens (including phenoxy) is 1. The molecule has 1 aromatic heterocycles. The van der Waals surface area contributed by atoms with Gasteiger partial charge in [-0.3, -0.25) is 19.2 Å². The molecule has 0 aliphatic carbocycles. The van der Waals surface area contributed by atoms with Crippen molar-refractivity contribution in [2.75, 3.05) is 26.2 Å². The SMILES string of the molecule is CCCCOc1ccc2oc(C(=O)N[C@@H](Cc3ccc(Cl)cc3)C(=O)N3CCC(c4ccccc4CN4CCCCC4=O)CC3)cc(=O)c2c1. The molecule has 0 bridgehead atoms. The summed E-state index contributed by atoms with van der Waals surface area (Å²) in [6, 6.07) is 20.7. The number of benzene rings is 3. The molecule has 1 atom stereocenters. The summed E-state index contributed by atoms with van der Waals surface area (Å²) in [4.78, 5) is 57.1. The van der Waals surface area contributed by atoms with Crippen molar-refractivity contribution < 1.29 is 23.5 Å². The molecule has 0 radical (unpaired) electrons. The molecule has 3 heterocycles. The molecule has 2 fully saturated rings. The van der Waals surface area contributed by atoms with E-state index in [4.69, 9.17) is 20.8 Å². The third-order valence-electron chi connectivity index (χ3n) is 9.73. The van der Waals surface area contributed by atoms with E-state index in [2.05, 4.69) is 24.4 Å². The summed E-state index contributed by atoms with van der Waals surface area (Å²) >= 11 is 6.12. The fourth-order valence-corrected chi connectivity index (χ4v) is 7.03. The predicted molar refractivity (Wildman–Crippen MR) is 194 cm³/mol. The van der Waals surface area contributed by atoms with E-state index < -0.39 is 11.9 Å². The highest BCUT2D eigenvalue weighted by molar-refractivity contribution is 6.30. The molecular formula is C40H44ClN3O6. The summed E-state index contributed by atoms with van der Waals surface area (Å²) < 4.78 is 11.6. The molecule has 2 saturated heterocycles. The van der Waals surface area contributed by atoms with Crippen molar-refractivity contribution in [2.45, 2.75) is 76.8 Å². The van der Waals surface area contributed by atoms with Crippen LogP contribution < -0.4 is 15.5 Å². The maximum Gasteiger partial charge on any atom is 0.287 e. The van der Waals surface area contributed by atoms with Gasteiger partial charge in [0, 0.05) is 50.1 Å². The number of hydrogen-bond acceptors (Lipinski definition) is 6. The number of halogens is 1. The van der Waals surface area contributed by atoms with Crippen LogP contribution in [0.2, 0.25) is 5.02 Å². The van der Waals surface area contributed by atoms with Crippen LogP contribution in [-0.2, 0) is 22.6 Å². The minimum absolute atomic E-state index is 0.168. The number of carbonyl (C=O) groups excluding carboxylic acids is 3. The van der Waals surface area contributed by atoms with E-state index in [0.29, 0.717) is 48.8 Å². The van der Waals surface area contributed by atoms with Gasteiger partial charge in [-0.1, -0.05) is 61.3 Å². The molecule has 3 aromatic carbocycles. The average molecular weight is 698 g/mol. The van der Waals surface area contributed by atoms with Crippen molar-refractivity contribution in [1.82, 2.24) is 15.1 Å². The maximum atomic E-state index is 14.1. The number of unbranched alkanes of at least 4 members (excludes halogenated alkanes) is 1. The van der Waals surface area contributed by atoms with Crippen LogP contribution in [0.4, 0.5) is 0 Å². The second kappa shape index (κ2) is 16.4. The lowest BCUT2D eigenvalue weighted by molar-refractivity contribution is -0.135. The number of nitrogens with one attached hydrogen (secondary N) is 1. The lowest BCUT2D eigenvalue weighted by Gasteiger charge is -2.36. The largest absolute Gasteiger partial charge is 0.494 e. The molecule has 50 heavy (non-hydrogen) atoms. The first-order chi connectivity index (χ1) is 24.3. The topological polar surface area (TPSA) is 109 Å². The molecule has 9 nitrogen and oxygen atoms in total. The van der Waals surface area contributed by atoms with E-state index in [0.717, 1.165) is 62.3 Å². The molecule has 0 saturated carbocycles. The van der Waals surface area contributed by atoms with E-state index in [9.17, 15) is 19.2 Å². The molecule has 0 unspecified atom stereocenters. The molecule has 2 aliphatic heterocycles. The van der Waals surface area contributed by atoms with Crippen LogP contribution >= 0.6 is 11.6 Å². The quantitative estimate of drug-likeness (QED) is 0.162. The van der Waals surface area contributed by atoms with Gasteiger partial charge in [0.05, 0.1) is 12.0 Å². The average Bonchev–Trinajstić information content (AvgIpc) is 3.13. The fourth-order valence-electron chi connectivity index (χ4n) is 6.90. The van der Waals surface area contributed by atoms with Gasteiger partial charge in [0.1, 0.15) is 17.4 Å². The molecule has 0 spiro atoms. The highest BCUT2D eigenvalue weighted by Gasteiger charge is 2.32. The zero-order valence-corrected chi connectivity index (χ0v) is 29.3. The highest BCUT2D eigenvalue weighted by atomic mass is 35.5. The first kappa shape index (κ1) is 35.2. The van der Waals surface area contributed by atoms with Crippen LogP contribution in [-0.4, -0.2) is 59.8 Å². The molecule has 2 aliphatic rings. The Balaban J connectivity index is 1.16. The Labute approximate surface area is 297 Å². The first-order valence-corrected chi connectivity index (χ1v) is 18.1. The van der Waals surface area contributed by atoms with Crippen LogP contribution in [0.25, 0.3) is 11.0 Å². The van der Waals surface area contributed by atoms with Crippen molar-refractivity contribution >= 4 is 40.3 Å². The minimum Gasteiger partial charge on any atom is -0.494 e. The van der Waals surface area contributed by atoms with E-state index in [1.165, 1.54) is 5.56 Å². The number of carbonyl (C=O) groups is 3. The van der Waals surface area contributed by atoms with Gasteiger partial charge in [0.2, 0.25) is 11.8 Å². The lowest BCUT2D eigenvalue weighted by Crippen LogP contribution is -2.51. The van der Waals surface area contributed by atoms with Gasteiger partial charge in [0.25, 0.3) is 5.91 Å². The van der Waals surface area contributed by atoms with Crippen LogP contribution in [0.5, 0.6) is 5.75 Å². The number of piperidine rings is 2. The molecular weight excluding hydrogens is 654 g/mol. The number of likely N-dealkylation sites (tertiary alicyclic amines) is 2. The Hall–Kier alpha value is -4.63. The Kier molecular flexibility index (Phi) is 11.5. The summed E-state index contributed by atoms with van der Waals surface area (Å²) in [6.45, 7) is 5.08. The summed E-state index contributed by atoms with van der Waals surface area (Å²) in [6.07, 6.45) is 6.26. The molecule has 4 aromatic rings. The second-order valence-corrected chi connectivity index (χ2v) is 13.7. The predicted octanol–water partition coefficient (Wildman–Crippen LogP) is 6.89. The first-order valence-electron chi connectivity index (χ1n) is 17.7. The lowest BCUT2D eigenvalue weighted by atomic mass is 9.86. The fraction of sp³-hybridized carbons (Fsp3) is 0.400. The summed E-state index contributed by atoms with van der Waals surface area (Å²) in [5, 5.41) is 3.76. The van der Waals surface area contributed by atoms with Gasteiger partial charge in [-0.2, -0.15) is 0 Å². The van der Waals surface area contributed by atoms with Gasteiger partial charge in [-0.05, 0) is 85.0 Å². The molecule has 10 heteroatoms.